The molecule has 0 heterocycles. The van der Waals surface area contributed by atoms with Crippen LogP contribution in [0.1, 0.15) is 41.0 Å². The molecular weight excluding hydrogens is 208 g/mol. The summed E-state index contributed by atoms with van der Waals surface area (Å²) in [7, 11) is -1.15. The Kier molecular flexibility index (Phi) is 8.33. The van der Waals surface area contributed by atoms with E-state index in [-0.39, 0.29) is 0 Å². The van der Waals surface area contributed by atoms with Gasteiger partial charge >= 0.3 is 0 Å². The molecule has 0 aliphatic heterocycles. The van der Waals surface area contributed by atoms with E-state index in [1.54, 1.807) is 0 Å². The molecular formula is C11H26O3Si. The molecule has 0 N–H and O–H groups in total. The lowest BCUT2D eigenvalue weighted by molar-refractivity contribution is -0.345. The summed E-state index contributed by atoms with van der Waals surface area (Å²) in [5, 5.41) is 0. The molecule has 15 heavy (non-hydrogen) atoms. The molecule has 0 spiro atoms. The van der Waals surface area contributed by atoms with Crippen LogP contribution in [-0.2, 0) is 13.9 Å². The van der Waals surface area contributed by atoms with Crippen LogP contribution < -0.4 is 0 Å². The SMILES string of the molecule is CCOC(CC)(OCC)O[SiH](CC)CC. The van der Waals surface area contributed by atoms with Crippen molar-refractivity contribution in [2.24, 2.45) is 0 Å². The fourth-order valence-electron chi connectivity index (χ4n) is 1.55. The Hall–Kier alpha value is 0.0969. The Morgan fingerprint density at radius 2 is 1.33 bits per heavy atom. The van der Waals surface area contributed by atoms with Crippen LogP contribution in [0.2, 0.25) is 12.1 Å². The zero-order valence-electron chi connectivity index (χ0n) is 10.8. The lowest BCUT2D eigenvalue weighted by Gasteiger charge is -2.34. The average molecular weight is 234 g/mol. The highest BCUT2D eigenvalue weighted by molar-refractivity contribution is 6.51. The third kappa shape index (κ3) is 5.11. The summed E-state index contributed by atoms with van der Waals surface area (Å²) >= 11 is 0. The van der Waals surface area contributed by atoms with Crippen LogP contribution in [0, 0.1) is 0 Å². The first-order chi connectivity index (χ1) is 7.17. The first-order valence-electron chi connectivity index (χ1n) is 6.13. The largest absolute Gasteiger partial charge is 0.372 e. The smallest absolute Gasteiger partial charge is 0.272 e. The van der Waals surface area contributed by atoms with E-state index < -0.39 is 15.0 Å². The fourth-order valence-corrected chi connectivity index (χ4v) is 3.27. The van der Waals surface area contributed by atoms with Gasteiger partial charge in [-0.2, -0.15) is 0 Å². The van der Waals surface area contributed by atoms with Crippen LogP contribution in [0.4, 0.5) is 0 Å². The summed E-state index contributed by atoms with van der Waals surface area (Å²) in [6.45, 7) is 11.6. The summed E-state index contributed by atoms with van der Waals surface area (Å²) in [5.41, 5.74) is 0. The van der Waals surface area contributed by atoms with Crippen molar-refractivity contribution < 1.29 is 13.9 Å². The maximum absolute atomic E-state index is 6.06. The Bertz CT molecular complexity index is 143. The topological polar surface area (TPSA) is 27.7 Å². The Balaban J connectivity index is 4.43. The minimum Gasteiger partial charge on any atom is -0.372 e. The van der Waals surface area contributed by atoms with Gasteiger partial charge in [0, 0.05) is 19.6 Å². The minimum absolute atomic E-state index is 0.627. The molecule has 92 valence electrons. The predicted octanol–water partition coefficient (Wildman–Crippen LogP) is 2.90. The van der Waals surface area contributed by atoms with Crippen LogP contribution in [-0.4, -0.2) is 28.2 Å². The van der Waals surface area contributed by atoms with Crippen molar-refractivity contribution >= 4 is 9.04 Å². The van der Waals surface area contributed by atoms with Crippen molar-refractivity contribution in [2.75, 3.05) is 13.2 Å². The van der Waals surface area contributed by atoms with E-state index in [2.05, 4.69) is 13.8 Å². The molecule has 0 saturated carbocycles. The lowest BCUT2D eigenvalue weighted by Crippen LogP contribution is -2.43. The molecule has 0 aromatic carbocycles. The van der Waals surface area contributed by atoms with Crippen molar-refractivity contribution in [1.82, 2.24) is 0 Å². The van der Waals surface area contributed by atoms with Crippen LogP contribution in [0.5, 0.6) is 0 Å². The van der Waals surface area contributed by atoms with E-state index in [0.29, 0.717) is 13.2 Å². The number of ether oxygens (including phenoxy) is 2. The standard InChI is InChI=1S/C11H26O3Si/c1-6-11(12-7-2,13-8-3)14-15(9-4)10-5/h15H,6-10H2,1-5H3. The first-order valence-corrected chi connectivity index (χ1v) is 8.24. The fraction of sp³-hybridized carbons (Fsp3) is 1.00. The maximum Gasteiger partial charge on any atom is 0.272 e. The van der Waals surface area contributed by atoms with Crippen LogP contribution in [0.3, 0.4) is 0 Å². The van der Waals surface area contributed by atoms with Crippen LogP contribution in [0.15, 0.2) is 0 Å². The molecule has 0 aromatic rings. The van der Waals surface area contributed by atoms with Crippen molar-refractivity contribution in [1.29, 1.82) is 0 Å². The molecule has 0 saturated heterocycles. The molecule has 0 atom stereocenters. The van der Waals surface area contributed by atoms with Gasteiger partial charge in [-0.25, -0.2) is 0 Å². The molecule has 3 nitrogen and oxygen atoms in total. The van der Waals surface area contributed by atoms with Gasteiger partial charge in [0.15, 0.2) is 9.04 Å². The van der Waals surface area contributed by atoms with Gasteiger partial charge in [-0.3, -0.25) is 0 Å². The minimum atomic E-state index is -1.15. The molecule has 0 amide bonds. The van der Waals surface area contributed by atoms with Crippen LogP contribution in [0.25, 0.3) is 0 Å². The quantitative estimate of drug-likeness (QED) is 0.453. The van der Waals surface area contributed by atoms with E-state index in [4.69, 9.17) is 13.9 Å². The summed E-state index contributed by atoms with van der Waals surface area (Å²) in [6, 6.07) is 2.25. The van der Waals surface area contributed by atoms with Gasteiger partial charge in [-0.05, 0) is 25.9 Å². The van der Waals surface area contributed by atoms with Crippen molar-refractivity contribution in [2.45, 2.75) is 59.1 Å². The van der Waals surface area contributed by atoms with Gasteiger partial charge in [0.2, 0.25) is 0 Å². The third-order valence-corrected chi connectivity index (χ3v) is 4.93. The van der Waals surface area contributed by atoms with E-state index in [9.17, 15) is 0 Å². The van der Waals surface area contributed by atoms with Gasteiger partial charge < -0.3 is 13.9 Å². The molecule has 0 rings (SSSR count). The van der Waals surface area contributed by atoms with E-state index in [1.165, 1.54) is 0 Å². The number of rotatable bonds is 9. The lowest BCUT2D eigenvalue weighted by atomic mass is 10.4. The molecule has 0 aliphatic carbocycles. The highest BCUT2D eigenvalue weighted by atomic mass is 28.3. The normalized spacial score (nSPS) is 12.4. The first kappa shape index (κ1) is 15.1. The second kappa shape index (κ2) is 8.27. The Morgan fingerprint density at radius 3 is 1.60 bits per heavy atom. The summed E-state index contributed by atoms with van der Waals surface area (Å²) in [5.74, 6) is -0.771. The van der Waals surface area contributed by atoms with Gasteiger partial charge in [0.05, 0.1) is 0 Å². The number of hydrogen-bond donors (Lipinski definition) is 0. The average Bonchev–Trinajstić information content (AvgIpc) is 2.26. The van der Waals surface area contributed by atoms with Crippen LogP contribution >= 0.6 is 0 Å². The second-order valence-corrected chi connectivity index (χ2v) is 6.57. The Labute approximate surface area is 95.8 Å². The second-order valence-electron chi connectivity index (χ2n) is 3.46. The summed E-state index contributed by atoms with van der Waals surface area (Å²) in [6.07, 6.45) is 0.748. The monoisotopic (exact) mass is 234 g/mol. The predicted molar refractivity (Wildman–Crippen MR) is 65.5 cm³/mol. The molecule has 0 radical (unpaired) electrons. The maximum atomic E-state index is 6.06. The van der Waals surface area contributed by atoms with Gasteiger partial charge in [-0.1, -0.05) is 20.8 Å². The molecule has 0 bridgehead atoms. The van der Waals surface area contributed by atoms with E-state index >= 15 is 0 Å². The van der Waals surface area contributed by atoms with Gasteiger partial charge in [0.1, 0.15) is 0 Å². The van der Waals surface area contributed by atoms with Gasteiger partial charge in [0.25, 0.3) is 5.97 Å². The molecule has 0 aliphatic rings. The zero-order valence-corrected chi connectivity index (χ0v) is 12.0. The van der Waals surface area contributed by atoms with Crippen molar-refractivity contribution in [3.8, 4) is 0 Å². The van der Waals surface area contributed by atoms with Gasteiger partial charge in [-0.15, -0.1) is 0 Å². The Morgan fingerprint density at radius 1 is 0.867 bits per heavy atom. The summed E-state index contributed by atoms with van der Waals surface area (Å²) in [4.78, 5) is 0. The molecule has 4 heteroatoms. The highest BCUT2D eigenvalue weighted by Gasteiger charge is 2.33. The third-order valence-electron chi connectivity index (χ3n) is 2.42. The number of hydrogen-bond acceptors (Lipinski definition) is 3. The van der Waals surface area contributed by atoms with E-state index in [0.717, 1.165) is 18.5 Å². The highest BCUT2D eigenvalue weighted by Crippen LogP contribution is 2.23. The zero-order chi connectivity index (χ0) is 11.7. The molecule has 0 aromatic heterocycles. The van der Waals surface area contributed by atoms with E-state index in [1.807, 2.05) is 20.8 Å². The molecule has 0 fully saturated rings. The molecule has 0 unspecified atom stereocenters. The van der Waals surface area contributed by atoms with Crippen molar-refractivity contribution in [3.05, 3.63) is 0 Å². The summed E-state index contributed by atoms with van der Waals surface area (Å²) < 4.78 is 17.3. The van der Waals surface area contributed by atoms with Crippen molar-refractivity contribution in [3.63, 3.8) is 0 Å².